The Hall–Kier alpha value is -4.00. The van der Waals surface area contributed by atoms with Gasteiger partial charge in [0.05, 0.1) is 17.8 Å². The minimum absolute atomic E-state index is 0.0253. The van der Waals surface area contributed by atoms with Gasteiger partial charge in [-0.1, -0.05) is 51.4 Å². The molecule has 0 saturated heterocycles. The fourth-order valence-electron chi connectivity index (χ4n) is 4.84. The Bertz CT molecular complexity index is 1460. The Morgan fingerprint density at radius 3 is 2.37 bits per heavy atom. The molecule has 0 saturated carbocycles. The molecule has 12 nitrogen and oxygen atoms in total. The van der Waals surface area contributed by atoms with Crippen molar-refractivity contribution >= 4 is 35.4 Å². The number of benzene rings is 1. The predicted molar refractivity (Wildman–Crippen MR) is 179 cm³/mol. The van der Waals surface area contributed by atoms with Gasteiger partial charge in [0.2, 0.25) is 5.95 Å². The van der Waals surface area contributed by atoms with Crippen LogP contribution in [0.5, 0.6) is 0 Å². The first-order chi connectivity index (χ1) is 22.0. The maximum absolute atomic E-state index is 13.4. The number of hydrogen-bond acceptors (Lipinski definition) is 10. The van der Waals surface area contributed by atoms with Crippen molar-refractivity contribution in [3.05, 3.63) is 64.6 Å². The third kappa shape index (κ3) is 10.0. The van der Waals surface area contributed by atoms with Gasteiger partial charge in [-0.3, -0.25) is 14.4 Å². The maximum Gasteiger partial charge on any atom is 0.323 e. The third-order valence-electron chi connectivity index (χ3n) is 7.65. The number of aromatic amines is 1. The summed E-state index contributed by atoms with van der Waals surface area (Å²) in [6.45, 7) is 9.72. The van der Waals surface area contributed by atoms with E-state index in [4.69, 9.17) is 26.1 Å². The van der Waals surface area contributed by atoms with E-state index in [1.165, 1.54) is 0 Å². The highest BCUT2D eigenvalue weighted by molar-refractivity contribution is 6.30. The van der Waals surface area contributed by atoms with Crippen molar-refractivity contribution < 1.29 is 23.9 Å². The van der Waals surface area contributed by atoms with Crippen molar-refractivity contribution in [2.45, 2.75) is 71.6 Å². The summed E-state index contributed by atoms with van der Waals surface area (Å²) in [5.41, 5.74) is 3.12. The standard InChI is InChI=1S/C33H46ClN7O5/c1-8-24(17-45-31(43)25(9-2)35-6)39-33-38-15-20(5)29(41-33)22-14-26(37-16-22)30(42)40-27(21-11-10-12-23(34)13-21)18-46-32(44)28(36-7)19(3)4/h10-16,19,24-25,27-28,35-37H,8-9,17-18H2,1-7H3,(H,40,42)(H,38,39,41)/t24-,25+,27-,28+/m1/s1. The Balaban J connectivity index is 1.75. The van der Waals surface area contributed by atoms with Gasteiger partial charge < -0.3 is 35.7 Å². The molecule has 0 fully saturated rings. The Morgan fingerprint density at radius 1 is 1.00 bits per heavy atom. The molecular weight excluding hydrogens is 610 g/mol. The van der Waals surface area contributed by atoms with E-state index in [0.717, 1.165) is 5.56 Å². The Labute approximate surface area is 275 Å². The largest absolute Gasteiger partial charge is 0.462 e. The van der Waals surface area contributed by atoms with Crippen LogP contribution in [0, 0.1) is 12.8 Å². The summed E-state index contributed by atoms with van der Waals surface area (Å²) >= 11 is 6.24. The van der Waals surface area contributed by atoms with Crippen LogP contribution in [0.2, 0.25) is 5.02 Å². The smallest absolute Gasteiger partial charge is 0.323 e. The van der Waals surface area contributed by atoms with Gasteiger partial charge in [-0.25, -0.2) is 9.97 Å². The SMILES string of the molecule is CC[C@H](COC(=O)[C@H](CC)NC)Nc1ncc(C)c(-c2c[nH]c(C(=O)N[C@H](COC(=O)[C@@H](NC)C(C)C)c3cccc(Cl)c3)c2)n1. The van der Waals surface area contributed by atoms with Gasteiger partial charge in [0, 0.05) is 23.0 Å². The van der Waals surface area contributed by atoms with Crippen molar-refractivity contribution in [2.75, 3.05) is 32.6 Å². The lowest BCUT2D eigenvalue weighted by atomic mass is 10.0. The quantitative estimate of drug-likeness (QED) is 0.132. The molecule has 2 heterocycles. The van der Waals surface area contributed by atoms with Gasteiger partial charge in [0.25, 0.3) is 5.91 Å². The highest BCUT2D eigenvalue weighted by atomic mass is 35.5. The minimum Gasteiger partial charge on any atom is -0.462 e. The number of ether oxygens (including phenoxy) is 2. The first-order valence-corrected chi connectivity index (χ1v) is 15.9. The van der Waals surface area contributed by atoms with Gasteiger partial charge in [0.15, 0.2) is 0 Å². The molecule has 3 rings (SSSR count). The number of likely N-dealkylation sites (N-methyl/N-ethyl adjacent to an activating group) is 2. The first kappa shape index (κ1) is 36.5. The molecule has 0 aliphatic heterocycles. The lowest BCUT2D eigenvalue weighted by Gasteiger charge is -2.23. The molecule has 13 heteroatoms. The fourth-order valence-corrected chi connectivity index (χ4v) is 5.04. The number of esters is 2. The van der Waals surface area contributed by atoms with Crippen LogP contribution in [0.25, 0.3) is 11.3 Å². The zero-order chi connectivity index (χ0) is 33.8. The highest BCUT2D eigenvalue weighted by Crippen LogP contribution is 2.24. The zero-order valence-corrected chi connectivity index (χ0v) is 28.3. The van der Waals surface area contributed by atoms with E-state index in [9.17, 15) is 14.4 Å². The summed E-state index contributed by atoms with van der Waals surface area (Å²) in [5, 5.41) is 12.6. The summed E-state index contributed by atoms with van der Waals surface area (Å²) in [4.78, 5) is 50.6. The number of carbonyl (C=O) groups excluding carboxylic acids is 3. The molecule has 0 aliphatic rings. The molecule has 4 atom stereocenters. The van der Waals surface area contributed by atoms with Crippen LogP contribution in [-0.2, 0) is 19.1 Å². The summed E-state index contributed by atoms with van der Waals surface area (Å²) < 4.78 is 11.1. The van der Waals surface area contributed by atoms with Crippen LogP contribution in [0.3, 0.4) is 0 Å². The Kier molecular flexibility index (Phi) is 14.0. The molecule has 1 aromatic carbocycles. The van der Waals surface area contributed by atoms with Gasteiger partial charge in [0.1, 0.15) is 31.0 Å². The number of carbonyl (C=O) groups is 3. The van der Waals surface area contributed by atoms with Crippen LogP contribution < -0.4 is 21.3 Å². The number of aryl methyl sites for hydroxylation is 1. The molecule has 0 unspecified atom stereocenters. The molecule has 3 aromatic rings. The van der Waals surface area contributed by atoms with Crippen LogP contribution in [0.1, 0.15) is 68.2 Å². The molecule has 0 bridgehead atoms. The number of amides is 1. The van der Waals surface area contributed by atoms with Crippen molar-refractivity contribution in [1.82, 2.24) is 30.9 Å². The van der Waals surface area contributed by atoms with Crippen molar-refractivity contribution in [3.8, 4) is 11.3 Å². The van der Waals surface area contributed by atoms with E-state index >= 15 is 0 Å². The minimum atomic E-state index is -0.649. The molecular formula is C33H46ClN7O5. The molecule has 0 spiro atoms. The average Bonchev–Trinajstić information content (AvgIpc) is 3.53. The monoisotopic (exact) mass is 655 g/mol. The normalized spacial score (nSPS) is 13.8. The van der Waals surface area contributed by atoms with Crippen molar-refractivity contribution in [3.63, 3.8) is 0 Å². The molecule has 250 valence electrons. The number of rotatable bonds is 17. The lowest BCUT2D eigenvalue weighted by molar-refractivity contribution is -0.148. The molecule has 46 heavy (non-hydrogen) atoms. The first-order valence-electron chi connectivity index (χ1n) is 15.5. The second-order valence-corrected chi connectivity index (χ2v) is 11.8. The molecule has 1 amide bonds. The number of anilines is 1. The van der Waals surface area contributed by atoms with E-state index in [0.29, 0.717) is 46.3 Å². The van der Waals surface area contributed by atoms with Crippen LogP contribution in [0.4, 0.5) is 5.95 Å². The van der Waals surface area contributed by atoms with E-state index in [-0.39, 0.29) is 37.2 Å². The van der Waals surface area contributed by atoms with Crippen LogP contribution in [0.15, 0.2) is 42.7 Å². The van der Waals surface area contributed by atoms with Gasteiger partial charge in [-0.05, 0) is 69.1 Å². The maximum atomic E-state index is 13.4. The highest BCUT2D eigenvalue weighted by Gasteiger charge is 2.25. The number of hydrogen-bond donors (Lipinski definition) is 5. The van der Waals surface area contributed by atoms with Crippen LogP contribution >= 0.6 is 11.6 Å². The molecule has 5 N–H and O–H groups in total. The number of aromatic nitrogens is 3. The summed E-state index contributed by atoms with van der Waals surface area (Å²) in [5.74, 6) is -0.706. The Morgan fingerprint density at radius 2 is 1.74 bits per heavy atom. The summed E-state index contributed by atoms with van der Waals surface area (Å²) in [7, 11) is 3.43. The second kappa shape index (κ2) is 17.6. The number of nitrogens with one attached hydrogen (secondary N) is 5. The number of nitrogens with zero attached hydrogens (tertiary/aromatic N) is 2. The topological polar surface area (TPSA) is 159 Å². The van der Waals surface area contributed by atoms with E-state index in [1.54, 1.807) is 50.8 Å². The lowest BCUT2D eigenvalue weighted by Crippen LogP contribution is -2.41. The van der Waals surface area contributed by atoms with E-state index in [1.807, 2.05) is 40.7 Å². The van der Waals surface area contributed by atoms with Crippen molar-refractivity contribution in [2.24, 2.45) is 5.92 Å². The zero-order valence-electron chi connectivity index (χ0n) is 27.6. The number of H-pyrrole nitrogens is 1. The molecule has 0 radical (unpaired) electrons. The second-order valence-electron chi connectivity index (χ2n) is 11.4. The fraction of sp³-hybridized carbons (Fsp3) is 0.485. The van der Waals surface area contributed by atoms with Gasteiger partial charge in [-0.2, -0.15) is 0 Å². The van der Waals surface area contributed by atoms with Gasteiger partial charge in [-0.15, -0.1) is 0 Å². The van der Waals surface area contributed by atoms with Crippen molar-refractivity contribution in [1.29, 1.82) is 0 Å². The predicted octanol–water partition coefficient (Wildman–Crippen LogP) is 4.42. The summed E-state index contributed by atoms with van der Waals surface area (Å²) in [6, 6.07) is 7.07. The average molecular weight is 656 g/mol. The third-order valence-corrected chi connectivity index (χ3v) is 7.88. The van der Waals surface area contributed by atoms with Gasteiger partial charge >= 0.3 is 11.9 Å². The molecule has 0 aliphatic carbocycles. The van der Waals surface area contributed by atoms with E-state index < -0.39 is 24.0 Å². The van der Waals surface area contributed by atoms with E-state index in [2.05, 4.69) is 31.2 Å². The summed E-state index contributed by atoms with van der Waals surface area (Å²) in [6.07, 6.45) is 4.71. The number of halogens is 1. The van der Waals surface area contributed by atoms with Crippen LogP contribution in [-0.4, -0.2) is 78.2 Å². The molecule has 2 aromatic heterocycles.